The van der Waals surface area contributed by atoms with Crippen molar-refractivity contribution in [2.24, 2.45) is 0 Å². The summed E-state index contributed by atoms with van der Waals surface area (Å²) in [6, 6.07) is 0. The molecule has 12 heavy (non-hydrogen) atoms. The summed E-state index contributed by atoms with van der Waals surface area (Å²) in [5, 5.41) is -0.601. The molecule has 0 aromatic carbocycles. The van der Waals surface area contributed by atoms with Gasteiger partial charge in [0.1, 0.15) is 5.25 Å². The number of rotatable bonds is 0. The Hall–Kier alpha value is -0.820. The summed E-state index contributed by atoms with van der Waals surface area (Å²) in [7, 11) is -3.03. The van der Waals surface area contributed by atoms with Crippen LogP contribution >= 0.6 is 0 Å². The lowest BCUT2D eigenvalue weighted by Crippen LogP contribution is -2.26. The van der Waals surface area contributed by atoms with Crippen molar-refractivity contribution in [2.45, 2.75) is 24.5 Å². The van der Waals surface area contributed by atoms with Crippen molar-refractivity contribution in [3.05, 3.63) is 0 Å². The highest BCUT2D eigenvalue weighted by Gasteiger charge is 2.26. The molecule has 0 spiro atoms. The fourth-order valence-corrected chi connectivity index (χ4v) is 2.91. The van der Waals surface area contributed by atoms with E-state index in [0.29, 0.717) is 12.7 Å². The van der Waals surface area contributed by atoms with E-state index in [1.807, 2.05) is 0 Å². The monoisotopic (exact) mass is 186 g/mol. The molecule has 0 N–H and O–H groups in total. The van der Waals surface area contributed by atoms with E-state index in [2.05, 4.69) is 11.8 Å². The predicted molar refractivity (Wildman–Crippen MR) is 45.3 cm³/mol. The average Bonchev–Trinajstić information content (AvgIpc) is 2.02. The lowest BCUT2D eigenvalue weighted by Gasteiger charge is -2.16. The first-order chi connectivity index (χ1) is 5.67. The first-order valence-corrected chi connectivity index (χ1v) is 5.54. The second-order valence-electron chi connectivity index (χ2n) is 2.76. The molecule has 1 saturated heterocycles. The van der Waals surface area contributed by atoms with E-state index in [4.69, 9.17) is 0 Å². The summed E-state index contributed by atoms with van der Waals surface area (Å²) >= 11 is 0. The normalized spacial score (nSPS) is 26.8. The van der Waals surface area contributed by atoms with Gasteiger partial charge < -0.3 is 0 Å². The summed E-state index contributed by atoms with van der Waals surface area (Å²) in [4.78, 5) is 9.89. The molecule has 1 unspecified atom stereocenters. The van der Waals surface area contributed by atoms with Crippen molar-refractivity contribution in [1.82, 2.24) is 0 Å². The van der Waals surface area contributed by atoms with E-state index >= 15 is 0 Å². The van der Waals surface area contributed by atoms with Gasteiger partial charge in [0.05, 0.1) is 5.75 Å². The highest BCUT2D eigenvalue weighted by molar-refractivity contribution is 7.92. The van der Waals surface area contributed by atoms with Gasteiger partial charge in [-0.15, -0.1) is 0 Å². The quantitative estimate of drug-likeness (QED) is 0.400. The van der Waals surface area contributed by atoms with Crippen molar-refractivity contribution in [3.63, 3.8) is 0 Å². The van der Waals surface area contributed by atoms with E-state index in [9.17, 15) is 13.2 Å². The van der Waals surface area contributed by atoms with Gasteiger partial charge in [-0.1, -0.05) is 12.3 Å². The Morgan fingerprint density at radius 2 is 2.08 bits per heavy atom. The molecule has 1 atom stereocenters. The van der Waals surface area contributed by atoms with Crippen LogP contribution in [0.5, 0.6) is 0 Å². The zero-order valence-corrected chi connectivity index (χ0v) is 7.43. The summed E-state index contributed by atoms with van der Waals surface area (Å²) in [5.74, 6) is 4.83. The van der Waals surface area contributed by atoms with Crippen LogP contribution in [0.2, 0.25) is 0 Å². The Labute approximate surface area is 72.1 Å². The smallest absolute Gasteiger partial charge is 0.192 e. The van der Waals surface area contributed by atoms with Gasteiger partial charge in [-0.2, -0.15) is 0 Å². The molecule has 1 rings (SSSR count). The molecule has 0 aromatic heterocycles. The van der Waals surface area contributed by atoms with Crippen LogP contribution in [0, 0.1) is 11.8 Å². The maximum absolute atomic E-state index is 11.3. The first-order valence-electron chi connectivity index (χ1n) is 3.83. The molecule has 1 fully saturated rings. The second kappa shape index (κ2) is 3.72. The Morgan fingerprint density at radius 3 is 2.67 bits per heavy atom. The van der Waals surface area contributed by atoms with E-state index in [1.54, 1.807) is 0 Å². The van der Waals surface area contributed by atoms with E-state index in [1.165, 1.54) is 0 Å². The molecular formula is C8H10O3S. The van der Waals surface area contributed by atoms with Crippen LogP contribution in [0.15, 0.2) is 0 Å². The van der Waals surface area contributed by atoms with E-state index < -0.39 is 15.1 Å². The Kier molecular flexibility index (Phi) is 2.88. The van der Waals surface area contributed by atoms with Crippen molar-refractivity contribution < 1.29 is 13.2 Å². The Morgan fingerprint density at radius 1 is 1.33 bits per heavy atom. The molecule has 3 nitrogen and oxygen atoms in total. The molecule has 1 aliphatic heterocycles. The molecule has 66 valence electrons. The highest BCUT2D eigenvalue weighted by Crippen LogP contribution is 2.18. The Balaban J connectivity index is 2.80. The second-order valence-corrected chi connectivity index (χ2v) is 5.06. The largest absolute Gasteiger partial charge is 0.289 e. The van der Waals surface area contributed by atoms with E-state index in [0.717, 1.165) is 12.8 Å². The average molecular weight is 186 g/mol. The maximum atomic E-state index is 11.3. The van der Waals surface area contributed by atoms with Gasteiger partial charge in [0, 0.05) is 0 Å². The van der Waals surface area contributed by atoms with E-state index in [-0.39, 0.29) is 5.75 Å². The molecule has 1 aliphatic rings. The molecule has 4 heteroatoms. The number of hydrogen-bond acceptors (Lipinski definition) is 3. The number of aldehydes is 1. The van der Waals surface area contributed by atoms with Crippen molar-refractivity contribution >= 4 is 16.1 Å². The zero-order chi connectivity index (χ0) is 9.03. The molecule has 0 aromatic rings. The standard InChI is InChI=1S/C8H10O3S/c9-6-3-5-8-4-1-2-7-12(8,10)11/h6,8H,1-2,4,7H2. The fraction of sp³-hybridized carbons (Fsp3) is 0.625. The number of sulfone groups is 1. The van der Waals surface area contributed by atoms with Gasteiger partial charge in [-0.05, 0) is 18.8 Å². The number of hydrogen-bond donors (Lipinski definition) is 0. The van der Waals surface area contributed by atoms with Gasteiger partial charge in [-0.25, -0.2) is 8.42 Å². The van der Waals surface area contributed by atoms with Crippen LogP contribution in [0.3, 0.4) is 0 Å². The summed E-state index contributed by atoms with van der Waals surface area (Å²) < 4.78 is 22.5. The number of carbonyl (C=O) groups is 1. The van der Waals surface area contributed by atoms with Gasteiger partial charge in [-0.3, -0.25) is 4.79 Å². The van der Waals surface area contributed by atoms with Gasteiger partial charge in [0.2, 0.25) is 0 Å². The minimum absolute atomic E-state index is 0.213. The van der Waals surface area contributed by atoms with Crippen molar-refractivity contribution in [2.75, 3.05) is 5.75 Å². The number of carbonyl (C=O) groups excluding carboxylic acids is 1. The molecule has 0 bridgehead atoms. The van der Waals surface area contributed by atoms with Crippen LogP contribution in [0.1, 0.15) is 19.3 Å². The van der Waals surface area contributed by atoms with Gasteiger partial charge in [0.25, 0.3) is 0 Å². The molecule has 0 saturated carbocycles. The third-order valence-electron chi connectivity index (χ3n) is 1.88. The Bertz CT molecular complexity index is 318. The summed E-state index contributed by atoms with van der Waals surface area (Å²) in [6.07, 6.45) is 2.62. The first kappa shape index (κ1) is 9.27. The maximum Gasteiger partial charge on any atom is 0.192 e. The lowest BCUT2D eigenvalue weighted by molar-refractivity contribution is -0.103. The molecule has 0 amide bonds. The van der Waals surface area contributed by atoms with Crippen LogP contribution in [0.4, 0.5) is 0 Å². The van der Waals surface area contributed by atoms with Crippen LogP contribution in [0.25, 0.3) is 0 Å². The lowest BCUT2D eigenvalue weighted by atomic mass is 10.2. The topological polar surface area (TPSA) is 51.2 Å². The zero-order valence-electron chi connectivity index (χ0n) is 6.62. The molecular weight excluding hydrogens is 176 g/mol. The highest BCUT2D eigenvalue weighted by atomic mass is 32.2. The molecule has 0 aliphatic carbocycles. The van der Waals surface area contributed by atoms with Crippen LogP contribution < -0.4 is 0 Å². The third kappa shape index (κ3) is 2.08. The van der Waals surface area contributed by atoms with Gasteiger partial charge in [0.15, 0.2) is 16.1 Å². The predicted octanol–water partition coefficient (Wildman–Crippen LogP) is 0.156. The summed E-state index contributed by atoms with van der Waals surface area (Å²) in [6.45, 7) is 0. The summed E-state index contributed by atoms with van der Waals surface area (Å²) in [5.41, 5.74) is 0. The molecule has 0 radical (unpaired) electrons. The van der Waals surface area contributed by atoms with Gasteiger partial charge >= 0.3 is 0 Å². The minimum Gasteiger partial charge on any atom is -0.289 e. The minimum atomic E-state index is -3.03. The third-order valence-corrected chi connectivity index (χ3v) is 3.96. The van der Waals surface area contributed by atoms with Crippen molar-refractivity contribution in [3.8, 4) is 11.8 Å². The molecule has 1 heterocycles. The SMILES string of the molecule is O=CC#CC1CCCCS1(=O)=O. The van der Waals surface area contributed by atoms with Crippen LogP contribution in [-0.4, -0.2) is 25.7 Å². The van der Waals surface area contributed by atoms with Crippen molar-refractivity contribution in [1.29, 1.82) is 0 Å². The van der Waals surface area contributed by atoms with Crippen LogP contribution in [-0.2, 0) is 14.6 Å². The fourth-order valence-electron chi connectivity index (χ4n) is 1.24.